The molecule has 3 rings (SSSR count). The molecule has 0 spiro atoms. The number of nitrogens with one attached hydrogen (secondary N) is 2. The second kappa shape index (κ2) is 10.4. The first kappa shape index (κ1) is 23.4. The second-order valence-corrected chi connectivity index (χ2v) is 10.7. The lowest BCUT2D eigenvalue weighted by atomic mass is 9.86. The summed E-state index contributed by atoms with van der Waals surface area (Å²) in [4.78, 5) is 25.8. The Morgan fingerprint density at radius 1 is 1.19 bits per heavy atom. The van der Waals surface area contributed by atoms with Crippen LogP contribution in [-0.4, -0.2) is 32.4 Å². The minimum atomic E-state index is -3.79. The van der Waals surface area contributed by atoms with Crippen molar-refractivity contribution in [2.45, 2.75) is 63.1 Å². The molecule has 2 aromatic rings. The van der Waals surface area contributed by atoms with Gasteiger partial charge < -0.3 is 10.1 Å². The number of ether oxygens (including phenoxy) is 1. The van der Waals surface area contributed by atoms with Crippen LogP contribution in [0.2, 0.25) is 0 Å². The highest BCUT2D eigenvalue weighted by Crippen LogP contribution is 2.24. The lowest BCUT2D eigenvalue weighted by Gasteiger charge is -2.30. The number of benzene rings is 1. The fraction of sp³-hybridized carbons (Fsp3) is 0.455. The van der Waals surface area contributed by atoms with Crippen molar-refractivity contribution in [2.24, 2.45) is 5.92 Å². The maximum absolute atomic E-state index is 12.6. The Balaban J connectivity index is 1.60. The van der Waals surface area contributed by atoms with Crippen molar-refractivity contribution in [3.8, 4) is 0 Å². The molecule has 1 saturated carbocycles. The maximum Gasteiger partial charge on any atom is 0.338 e. The normalized spacial score (nSPS) is 20.1. The molecule has 168 valence electrons. The number of thiophene rings is 1. The monoisotopic (exact) mass is 464 g/mol. The van der Waals surface area contributed by atoms with E-state index < -0.39 is 22.1 Å². The van der Waals surface area contributed by atoms with Gasteiger partial charge in [0.2, 0.25) is 10.0 Å². The minimum absolute atomic E-state index is 0.0355. The van der Waals surface area contributed by atoms with Crippen molar-refractivity contribution in [1.29, 1.82) is 0 Å². The van der Waals surface area contributed by atoms with Crippen LogP contribution in [-0.2, 0) is 26.1 Å². The standard InChI is InChI=1S/C22H28N2O5S2/c1-15-7-3-4-11-20(15)24-21(25)16(2)29-22(26)17-8-5-10-19(13-17)31(27,28)23-14-18-9-6-12-30-18/h5-6,8-10,12-13,15-16,20,23H,3-4,7,11,14H2,1-2H3,(H,24,25). The quantitative estimate of drug-likeness (QED) is 0.583. The summed E-state index contributed by atoms with van der Waals surface area (Å²) in [6.07, 6.45) is 3.26. The molecule has 9 heteroatoms. The summed E-state index contributed by atoms with van der Waals surface area (Å²) >= 11 is 1.45. The van der Waals surface area contributed by atoms with E-state index in [0.29, 0.717) is 5.92 Å². The van der Waals surface area contributed by atoms with Gasteiger partial charge in [-0.25, -0.2) is 17.9 Å². The molecule has 3 unspecified atom stereocenters. The van der Waals surface area contributed by atoms with Gasteiger partial charge in [0.15, 0.2) is 6.10 Å². The van der Waals surface area contributed by atoms with Gasteiger partial charge in [-0.3, -0.25) is 4.79 Å². The van der Waals surface area contributed by atoms with Crippen LogP contribution in [0.3, 0.4) is 0 Å². The number of rotatable bonds is 8. The highest BCUT2D eigenvalue weighted by molar-refractivity contribution is 7.89. The number of hydrogen-bond donors (Lipinski definition) is 2. The molecule has 7 nitrogen and oxygen atoms in total. The Labute approximate surface area is 187 Å². The van der Waals surface area contributed by atoms with Gasteiger partial charge >= 0.3 is 5.97 Å². The van der Waals surface area contributed by atoms with Gasteiger partial charge in [0.1, 0.15) is 0 Å². The van der Waals surface area contributed by atoms with Crippen molar-refractivity contribution in [2.75, 3.05) is 0 Å². The van der Waals surface area contributed by atoms with Crippen LogP contribution >= 0.6 is 11.3 Å². The first-order valence-electron chi connectivity index (χ1n) is 10.4. The van der Waals surface area contributed by atoms with E-state index in [2.05, 4.69) is 17.0 Å². The molecule has 0 aliphatic heterocycles. The zero-order valence-electron chi connectivity index (χ0n) is 17.7. The van der Waals surface area contributed by atoms with Crippen LogP contribution in [0.1, 0.15) is 54.8 Å². The maximum atomic E-state index is 12.6. The topological polar surface area (TPSA) is 102 Å². The van der Waals surface area contributed by atoms with Crippen LogP contribution in [0.15, 0.2) is 46.7 Å². The van der Waals surface area contributed by atoms with Gasteiger partial charge in [0, 0.05) is 17.5 Å². The Hall–Kier alpha value is -2.23. The van der Waals surface area contributed by atoms with Gasteiger partial charge in [0.25, 0.3) is 5.91 Å². The molecule has 1 amide bonds. The number of carbonyl (C=O) groups is 2. The van der Waals surface area contributed by atoms with Crippen LogP contribution in [0.25, 0.3) is 0 Å². The van der Waals surface area contributed by atoms with Crippen molar-refractivity contribution < 1.29 is 22.7 Å². The van der Waals surface area contributed by atoms with E-state index in [4.69, 9.17) is 4.74 Å². The molecule has 2 N–H and O–H groups in total. The van der Waals surface area contributed by atoms with Gasteiger partial charge in [-0.1, -0.05) is 31.9 Å². The number of hydrogen-bond acceptors (Lipinski definition) is 6. The summed E-state index contributed by atoms with van der Waals surface area (Å²) in [5, 5.41) is 4.84. The van der Waals surface area contributed by atoms with E-state index in [1.165, 1.54) is 48.9 Å². The summed E-state index contributed by atoms with van der Waals surface area (Å²) in [6.45, 7) is 3.80. The van der Waals surface area contributed by atoms with Crippen LogP contribution in [0.5, 0.6) is 0 Å². The minimum Gasteiger partial charge on any atom is -0.449 e. The first-order chi connectivity index (χ1) is 14.8. The SMILES string of the molecule is CC(OC(=O)c1cccc(S(=O)(=O)NCc2cccs2)c1)C(=O)NC1CCCCC1C. The van der Waals surface area contributed by atoms with Gasteiger partial charge in [-0.2, -0.15) is 0 Å². The van der Waals surface area contributed by atoms with E-state index >= 15 is 0 Å². The number of sulfonamides is 1. The lowest BCUT2D eigenvalue weighted by Crippen LogP contribution is -2.46. The van der Waals surface area contributed by atoms with Crippen LogP contribution < -0.4 is 10.0 Å². The van der Waals surface area contributed by atoms with Crippen molar-refractivity contribution in [3.63, 3.8) is 0 Å². The summed E-state index contributed by atoms with van der Waals surface area (Å²) in [5.41, 5.74) is 0.0738. The number of amides is 1. The highest BCUT2D eigenvalue weighted by Gasteiger charge is 2.27. The van der Waals surface area contributed by atoms with Crippen LogP contribution in [0.4, 0.5) is 0 Å². The largest absolute Gasteiger partial charge is 0.449 e. The number of esters is 1. The van der Waals surface area contributed by atoms with E-state index in [9.17, 15) is 18.0 Å². The lowest BCUT2D eigenvalue weighted by molar-refractivity contribution is -0.130. The van der Waals surface area contributed by atoms with Gasteiger partial charge in [-0.05, 0) is 55.3 Å². The molecular formula is C22H28N2O5S2. The Bertz CT molecular complexity index is 1000. The summed E-state index contributed by atoms with van der Waals surface area (Å²) < 4.78 is 32.9. The average Bonchev–Trinajstić information content (AvgIpc) is 3.28. The van der Waals surface area contributed by atoms with Crippen molar-refractivity contribution in [3.05, 3.63) is 52.2 Å². The Morgan fingerprint density at radius 2 is 1.97 bits per heavy atom. The Kier molecular flexibility index (Phi) is 7.85. The average molecular weight is 465 g/mol. The third kappa shape index (κ3) is 6.38. The number of carbonyl (C=O) groups excluding carboxylic acids is 2. The van der Waals surface area contributed by atoms with Gasteiger partial charge in [0.05, 0.1) is 10.5 Å². The van der Waals surface area contributed by atoms with Crippen molar-refractivity contribution in [1.82, 2.24) is 10.0 Å². The summed E-state index contributed by atoms with van der Waals surface area (Å²) in [7, 11) is -3.79. The molecule has 31 heavy (non-hydrogen) atoms. The van der Waals surface area contributed by atoms with Crippen LogP contribution in [0, 0.1) is 5.92 Å². The molecule has 1 aromatic heterocycles. The summed E-state index contributed by atoms with van der Waals surface area (Å²) in [6, 6.07) is 9.38. The van der Waals surface area contributed by atoms with E-state index in [1.807, 2.05) is 17.5 Å². The highest BCUT2D eigenvalue weighted by atomic mass is 32.2. The summed E-state index contributed by atoms with van der Waals surface area (Å²) in [5.74, 6) is -0.688. The second-order valence-electron chi connectivity index (χ2n) is 7.86. The third-order valence-electron chi connectivity index (χ3n) is 5.49. The molecule has 1 aliphatic carbocycles. The molecule has 1 heterocycles. The molecular weight excluding hydrogens is 436 g/mol. The first-order valence-corrected chi connectivity index (χ1v) is 12.8. The van der Waals surface area contributed by atoms with E-state index in [-0.39, 0.29) is 29.0 Å². The molecule has 1 fully saturated rings. The molecule has 1 aromatic carbocycles. The molecule has 0 radical (unpaired) electrons. The Morgan fingerprint density at radius 3 is 2.68 bits per heavy atom. The molecule has 0 bridgehead atoms. The predicted molar refractivity (Wildman–Crippen MR) is 119 cm³/mol. The fourth-order valence-electron chi connectivity index (χ4n) is 3.57. The predicted octanol–water partition coefficient (Wildman–Crippen LogP) is 3.47. The fourth-order valence-corrected chi connectivity index (χ4v) is 5.35. The zero-order chi connectivity index (χ0) is 22.4. The third-order valence-corrected chi connectivity index (χ3v) is 7.76. The van der Waals surface area contributed by atoms with E-state index in [1.54, 1.807) is 0 Å². The zero-order valence-corrected chi connectivity index (χ0v) is 19.3. The van der Waals surface area contributed by atoms with Crippen molar-refractivity contribution >= 4 is 33.2 Å². The molecule has 1 aliphatic rings. The smallest absolute Gasteiger partial charge is 0.338 e. The molecule has 3 atom stereocenters. The molecule has 0 saturated heterocycles. The van der Waals surface area contributed by atoms with E-state index in [0.717, 1.165) is 24.1 Å². The van der Waals surface area contributed by atoms with Gasteiger partial charge in [-0.15, -0.1) is 11.3 Å².